The fraction of sp³-hybridized carbons (Fsp3) is 0.818. The molecule has 1 aliphatic heterocycles. The van der Waals surface area contributed by atoms with Crippen LogP contribution in [0, 0.1) is 5.92 Å². The van der Waals surface area contributed by atoms with Crippen LogP contribution >= 0.6 is 0 Å². The van der Waals surface area contributed by atoms with Gasteiger partial charge in [-0.1, -0.05) is 0 Å². The number of nitrogens with zero attached hydrogens (tertiary/aromatic N) is 2. The molecule has 0 bridgehead atoms. The van der Waals surface area contributed by atoms with E-state index in [9.17, 15) is 5.11 Å². The zero-order valence-corrected chi connectivity index (χ0v) is 10.2. The first-order valence-corrected chi connectivity index (χ1v) is 5.56. The van der Waals surface area contributed by atoms with Crippen LogP contribution in [0.15, 0.2) is 6.20 Å². The van der Waals surface area contributed by atoms with E-state index in [0.717, 1.165) is 6.42 Å². The van der Waals surface area contributed by atoms with Gasteiger partial charge in [-0.05, 0) is 34.1 Å². The molecule has 0 amide bonds. The van der Waals surface area contributed by atoms with E-state index in [1.165, 1.54) is 0 Å². The average Bonchev–Trinajstić information content (AvgIpc) is 2.69. The third-order valence-electron chi connectivity index (χ3n) is 3.26. The molecule has 1 fully saturated rings. The van der Waals surface area contributed by atoms with E-state index in [-0.39, 0.29) is 17.1 Å². The van der Waals surface area contributed by atoms with Crippen LogP contribution in [0.25, 0.3) is 0 Å². The lowest BCUT2D eigenvalue weighted by Gasteiger charge is -2.29. The molecule has 0 radical (unpaired) electrons. The van der Waals surface area contributed by atoms with E-state index >= 15 is 0 Å². The Balaban J connectivity index is 2.22. The van der Waals surface area contributed by atoms with Crippen LogP contribution in [0.2, 0.25) is 0 Å². The Hall–Kier alpha value is -0.940. The predicted octanol–water partition coefficient (Wildman–Crippen LogP) is 1.43. The zero-order chi connectivity index (χ0) is 12.0. The fourth-order valence-electron chi connectivity index (χ4n) is 2.66. The SMILES string of the molecule is CC1(C)CC(C(O)c2cn[nH]n2)C(C)(C)O1. The van der Waals surface area contributed by atoms with Crippen molar-refractivity contribution in [1.29, 1.82) is 0 Å². The van der Waals surface area contributed by atoms with Gasteiger partial charge in [0, 0.05) is 5.92 Å². The van der Waals surface area contributed by atoms with Crippen LogP contribution in [0.3, 0.4) is 0 Å². The predicted molar refractivity (Wildman–Crippen MR) is 58.7 cm³/mol. The molecule has 0 spiro atoms. The van der Waals surface area contributed by atoms with Crippen LogP contribution in [0.5, 0.6) is 0 Å². The van der Waals surface area contributed by atoms with Crippen molar-refractivity contribution in [3.63, 3.8) is 0 Å². The first kappa shape index (κ1) is 11.5. The number of nitrogens with one attached hydrogen (secondary N) is 1. The fourth-order valence-corrected chi connectivity index (χ4v) is 2.66. The van der Waals surface area contributed by atoms with Crippen molar-refractivity contribution in [1.82, 2.24) is 15.4 Å². The van der Waals surface area contributed by atoms with Gasteiger partial charge >= 0.3 is 0 Å². The van der Waals surface area contributed by atoms with E-state index in [1.54, 1.807) is 6.20 Å². The first-order valence-electron chi connectivity index (χ1n) is 5.56. The van der Waals surface area contributed by atoms with Crippen molar-refractivity contribution in [2.45, 2.75) is 51.4 Å². The largest absolute Gasteiger partial charge is 0.386 e. The summed E-state index contributed by atoms with van der Waals surface area (Å²) >= 11 is 0. The van der Waals surface area contributed by atoms with E-state index in [0.29, 0.717) is 5.69 Å². The molecule has 2 unspecified atom stereocenters. The maximum atomic E-state index is 10.3. The maximum Gasteiger partial charge on any atom is 0.111 e. The molecule has 16 heavy (non-hydrogen) atoms. The van der Waals surface area contributed by atoms with Crippen molar-refractivity contribution in [3.05, 3.63) is 11.9 Å². The third-order valence-corrected chi connectivity index (χ3v) is 3.26. The Kier molecular flexibility index (Phi) is 2.55. The number of aromatic amines is 1. The number of ether oxygens (including phenoxy) is 1. The molecule has 1 aromatic rings. The minimum atomic E-state index is -0.629. The molecule has 1 aromatic heterocycles. The minimum absolute atomic E-state index is 0.0348. The molecule has 2 rings (SSSR count). The summed E-state index contributed by atoms with van der Waals surface area (Å²) in [5.74, 6) is 0.0348. The van der Waals surface area contributed by atoms with Gasteiger partial charge in [0.05, 0.1) is 17.4 Å². The summed E-state index contributed by atoms with van der Waals surface area (Å²) in [7, 11) is 0. The summed E-state index contributed by atoms with van der Waals surface area (Å²) in [6.45, 7) is 8.11. The van der Waals surface area contributed by atoms with E-state index in [2.05, 4.69) is 15.4 Å². The number of rotatable bonds is 2. The van der Waals surface area contributed by atoms with Crippen LogP contribution in [0.4, 0.5) is 0 Å². The molecule has 5 heteroatoms. The minimum Gasteiger partial charge on any atom is -0.386 e. The van der Waals surface area contributed by atoms with Gasteiger partial charge in [0.1, 0.15) is 11.8 Å². The van der Waals surface area contributed by atoms with Gasteiger partial charge in [-0.25, -0.2) is 0 Å². The highest BCUT2D eigenvalue weighted by Gasteiger charge is 2.49. The molecular weight excluding hydrogens is 206 g/mol. The monoisotopic (exact) mass is 225 g/mol. The smallest absolute Gasteiger partial charge is 0.111 e. The molecular formula is C11H19N3O2. The van der Waals surface area contributed by atoms with Crippen LogP contribution < -0.4 is 0 Å². The van der Waals surface area contributed by atoms with Gasteiger partial charge in [0.15, 0.2) is 0 Å². The van der Waals surface area contributed by atoms with Crippen molar-refractivity contribution in [2.24, 2.45) is 5.92 Å². The normalized spacial score (nSPS) is 29.2. The van der Waals surface area contributed by atoms with Gasteiger partial charge in [0.25, 0.3) is 0 Å². The molecule has 1 saturated heterocycles. The molecule has 2 heterocycles. The lowest BCUT2D eigenvalue weighted by molar-refractivity contribution is -0.0884. The summed E-state index contributed by atoms with van der Waals surface area (Å²) in [6, 6.07) is 0. The molecule has 1 aliphatic rings. The lowest BCUT2D eigenvalue weighted by atomic mass is 9.82. The molecule has 90 valence electrons. The van der Waals surface area contributed by atoms with Gasteiger partial charge in [-0.3, -0.25) is 0 Å². The second kappa shape index (κ2) is 3.53. The molecule has 0 saturated carbocycles. The second-order valence-corrected chi connectivity index (χ2v) is 5.62. The second-order valence-electron chi connectivity index (χ2n) is 5.62. The molecule has 2 N–H and O–H groups in total. The van der Waals surface area contributed by atoms with E-state index in [1.807, 2.05) is 27.7 Å². The summed E-state index contributed by atoms with van der Waals surface area (Å²) < 4.78 is 5.95. The number of hydrogen-bond acceptors (Lipinski definition) is 4. The van der Waals surface area contributed by atoms with Crippen molar-refractivity contribution >= 4 is 0 Å². The molecule has 0 aromatic carbocycles. The van der Waals surface area contributed by atoms with E-state index < -0.39 is 6.10 Å². The highest BCUT2D eigenvalue weighted by atomic mass is 16.5. The Morgan fingerprint density at radius 2 is 2.19 bits per heavy atom. The van der Waals surface area contributed by atoms with Crippen molar-refractivity contribution < 1.29 is 9.84 Å². The van der Waals surface area contributed by atoms with Crippen molar-refractivity contribution in [2.75, 3.05) is 0 Å². The quantitative estimate of drug-likeness (QED) is 0.798. The zero-order valence-electron chi connectivity index (χ0n) is 10.2. The summed E-state index contributed by atoms with van der Waals surface area (Å²) in [5.41, 5.74) is 0.0418. The van der Waals surface area contributed by atoms with Gasteiger partial charge in [-0.15, -0.1) is 0 Å². The summed E-state index contributed by atoms with van der Waals surface area (Å²) in [4.78, 5) is 0. The van der Waals surface area contributed by atoms with Crippen molar-refractivity contribution in [3.8, 4) is 0 Å². The highest BCUT2D eigenvalue weighted by molar-refractivity contribution is 5.06. The maximum absolute atomic E-state index is 10.3. The Morgan fingerprint density at radius 3 is 2.62 bits per heavy atom. The molecule has 2 atom stereocenters. The van der Waals surface area contributed by atoms with E-state index in [4.69, 9.17) is 4.74 Å². The van der Waals surface area contributed by atoms with Gasteiger partial charge in [0.2, 0.25) is 0 Å². The van der Waals surface area contributed by atoms with Gasteiger partial charge in [-0.2, -0.15) is 15.4 Å². The highest BCUT2D eigenvalue weighted by Crippen LogP contribution is 2.47. The molecule has 5 nitrogen and oxygen atoms in total. The lowest BCUT2D eigenvalue weighted by Crippen LogP contribution is -2.32. The van der Waals surface area contributed by atoms with Gasteiger partial charge < -0.3 is 9.84 Å². The number of aliphatic hydroxyl groups is 1. The number of aromatic nitrogens is 3. The Labute approximate surface area is 95.2 Å². The Bertz CT molecular complexity index is 359. The first-order chi connectivity index (χ1) is 7.32. The standard InChI is InChI=1S/C11H19N3O2/c1-10(2)5-7(11(3,4)16-10)9(15)8-6-12-14-13-8/h6-7,9,15H,5H2,1-4H3,(H,12,13,14). The number of hydrogen-bond donors (Lipinski definition) is 2. The average molecular weight is 225 g/mol. The van der Waals surface area contributed by atoms with Crippen LogP contribution in [-0.2, 0) is 4.74 Å². The summed E-state index contributed by atoms with van der Waals surface area (Å²) in [5, 5.41) is 20.5. The number of H-pyrrole nitrogens is 1. The summed E-state index contributed by atoms with van der Waals surface area (Å²) in [6.07, 6.45) is 1.75. The van der Waals surface area contributed by atoms with Crippen LogP contribution in [-0.4, -0.2) is 31.7 Å². The third kappa shape index (κ3) is 1.97. The Morgan fingerprint density at radius 1 is 1.50 bits per heavy atom. The van der Waals surface area contributed by atoms with Crippen LogP contribution in [0.1, 0.15) is 45.9 Å². The number of aliphatic hydroxyl groups excluding tert-OH is 1. The molecule has 0 aliphatic carbocycles. The topological polar surface area (TPSA) is 71.0 Å².